The van der Waals surface area contributed by atoms with Crippen LogP contribution in [0.2, 0.25) is 0 Å². The largest absolute Gasteiger partial charge is 0.224 e. The monoisotopic (exact) mass is 362 g/mol. The molecular weight excluding hydrogens is 334 g/mol. The topological polar surface area (TPSA) is 3.88 Å². The smallest absolute Gasteiger partial charge is 0.188 e. The number of aryl methyl sites for hydroxylation is 1. The van der Waals surface area contributed by atoms with Crippen LogP contribution in [0.15, 0.2) is 49.2 Å². The summed E-state index contributed by atoms with van der Waals surface area (Å²) in [6, 6.07) is 13.6. The Labute approximate surface area is 161 Å². The van der Waals surface area contributed by atoms with Crippen LogP contribution in [-0.2, 0) is 12.0 Å². The Morgan fingerprint density at radius 1 is 1.08 bits per heavy atom. The second kappa shape index (κ2) is 6.66. The van der Waals surface area contributed by atoms with Crippen molar-refractivity contribution in [2.24, 2.45) is 0 Å². The molecule has 26 heavy (non-hydrogen) atoms. The maximum Gasteiger partial charge on any atom is 0.224 e. The zero-order chi connectivity index (χ0) is 18.3. The normalized spacial score (nSPS) is 15.1. The number of unbranched alkanes of at least 4 members (excludes halogenated alkanes) is 1. The van der Waals surface area contributed by atoms with Gasteiger partial charge in [-0.2, -0.15) is 4.57 Å². The number of fused-ring (bicyclic) bond motifs is 5. The van der Waals surface area contributed by atoms with Gasteiger partial charge in [-0.1, -0.05) is 52.0 Å². The molecule has 134 valence electrons. The average Bonchev–Trinajstić information content (AvgIpc) is 3.07. The van der Waals surface area contributed by atoms with Crippen LogP contribution in [0.1, 0.15) is 57.6 Å². The molecule has 0 fully saturated rings. The van der Waals surface area contributed by atoms with E-state index in [2.05, 4.69) is 74.5 Å². The van der Waals surface area contributed by atoms with E-state index in [1.807, 2.05) is 11.3 Å². The van der Waals surface area contributed by atoms with Crippen LogP contribution in [0.4, 0.5) is 0 Å². The van der Waals surface area contributed by atoms with Crippen LogP contribution in [0.25, 0.3) is 26.2 Å². The van der Waals surface area contributed by atoms with Gasteiger partial charge in [-0.05, 0) is 24.5 Å². The Bertz CT molecular complexity index is 975. The molecule has 0 radical (unpaired) electrons. The fraction of sp³-hybridized carbons (Fsp3) is 0.375. The summed E-state index contributed by atoms with van der Waals surface area (Å²) in [5.41, 5.74) is 5.49. The summed E-state index contributed by atoms with van der Waals surface area (Å²) < 4.78 is 3.88. The molecule has 0 unspecified atom stereocenters. The molecule has 2 heteroatoms. The number of aromatic nitrogens is 1. The maximum absolute atomic E-state index is 4.63. The zero-order valence-electron chi connectivity index (χ0n) is 16.1. The summed E-state index contributed by atoms with van der Waals surface area (Å²) in [6.45, 7) is 11.5. The van der Waals surface area contributed by atoms with Crippen molar-refractivity contribution in [3.05, 3.63) is 60.3 Å². The van der Waals surface area contributed by atoms with Crippen molar-refractivity contribution in [1.82, 2.24) is 0 Å². The molecule has 0 spiro atoms. The summed E-state index contributed by atoms with van der Waals surface area (Å²) >= 11 is 1.92. The van der Waals surface area contributed by atoms with E-state index in [0.29, 0.717) is 0 Å². The fourth-order valence-electron chi connectivity index (χ4n) is 4.55. The lowest BCUT2D eigenvalue weighted by molar-refractivity contribution is -0.741. The number of hydrogen-bond donors (Lipinski definition) is 0. The molecule has 0 aliphatic carbocycles. The van der Waals surface area contributed by atoms with Crippen molar-refractivity contribution in [2.45, 2.75) is 58.4 Å². The molecule has 0 amide bonds. The van der Waals surface area contributed by atoms with Gasteiger partial charge in [0.05, 0.1) is 0 Å². The lowest BCUT2D eigenvalue weighted by Crippen LogP contribution is -2.59. The summed E-state index contributed by atoms with van der Waals surface area (Å²) in [5, 5.41) is 1.37. The number of nitrogens with zero attached hydrogens (tertiary/aromatic N) is 1. The number of benzene rings is 1. The van der Waals surface area contributed by atoms with Gasteiger partial charge in [-0.3, -0.25) is 0 Å². The first-order valence-corrected chi connectivity index (χ1v) is 10.7. The molecule has 2 aromatic heterocycles. The molecule has 4 rings (SSSR count). The molecule has 1 aromatic carbocycles. The SMILES string of the molecule is C=C1c2c(sc3ccccc23)-c2cc(CCCC)cc[n+]2C1(CC)CC. The fourth-order valence-corrected chi connectivity index (χ4v) is 5.79. The van der Waals surface area contributed by atoms with Gasteiger partial charge in [0.15, 0.2) is 11.7 Å². The zero-order valence-corrected chi connectivity index (χ0v) is 17.0. The van der Waals surface area contributed by atoms with Crippen LogP contribution in [0, 0.1) is 0 Å². The summed E-state index contributed by atoms with van der Waals surface area (Å²) in [5.74, 6) is 0. The molecule has 0 saturated heterocycles. The minimum Gasteiger partial charge on any atom is -0.188 e. The van der Waals surface area contributed by atoms with Crippen LogP contribution >= 0.6 is 11.3 Å². The quantitative estimate of drug-likeness (QED) is 0.442. The highest BCUT2D eigenvalue weighted by molar-refractivity contribution is 7.22. The van der Waals surface area contributed by atoms with Crippen molar-refractivity contribution in [2.75, 3.05) is 0 Å². The Morgan fingerprint density at radius 3 is 2.58 bits per heavy atom. The number of hydrogen-bond acceptors (Lipinski definition) is 1. The average molecular weight is 363 g/mol. The van der Waals surface area contributed by atoms with Gasteiger partial charge in [0, 0.05) is 46.2 Å². The highest BCUT2D eigenvalue weighted by Gasteiger charge is 2.48. The molecule has 0 bridgehead atoms. The van der Waals surface area contributed by atoms with Crippen LogP contribution < -0.4 is 4.57 Å². The number of pyridine rings is 1. The van der Waals surface area contributed by atoms with E-state index in [9.17, 15) is 0 Å². The number of rotatable bonds is 5. The maximum atomic E-state index is 4.63. The van der Waals surface area contributed by atoms with Crippen molar-refractivity contribution in [3.8, 4) is 10.6 Å². The van der Waals surface area contributed by atoms with Gasteiger partial charge < -0.3 is 0 Å². The first-order valence-electron chi connectivity index (χ1n) is 9.93. The van der Waals surface area contributed by atoms with Crippen LogP contribution in [0.3, 0.4) is 0 Å². The van der Waals surface area contributed by atoms with Gasteiger partial charge in [-0.15, -0.1) is 11.3 Å². The predicted molar refractivity (Wildman–Crippen MR) is 114 cm³/mol. The third kappa shape index (κ3) is 2.39. The minimum absolute atomic E-state index is 0.0184. The van der Waals surface area contributed by atoms with E-state index in [0.717, 1.165) is 19.3 Å². The Balaban J connectivity index is 2.02. The molecule has 0 N–H and O–H groups in total. The highest BCUT2D eigenvalue weighted by Crippen LogP contribution is 2.50. The van der Waals surface area contributed by atoms with Crippen molar-refractivity contribution in [3.63, 3.8) is 0 Å². The van der Waals surface area contributed by atoms with E-state index >= 15 is 0 Å². The van der Waals surface area contributed by atoms with Crippen LogP contribution in [0.5, 0.6) is 0 Å². The molecular formula is C24H28NS+. The first-order chi connectivity index (χ1) is 12.7. The number of thiophene rings is 1. The molecule has 3 heterocycles. The molecule has 1 nitrogen and oxygen atoms in total. The first kappa shape index (κ1) is 17.5. The summed E-state index contributed by atoms with van der Waals surface area (Å²) in [6.07, 6.45) is 8.11. The Morgan fingerprint density at radius 2 is 1.85 bits per heavy atom. The molecule has 0 saturated carbocycles. The van der Waals surface area contributed by atoms with E-state index in [1.165, 1.54) is 50.2 Å². The van der Waals surface area contributed by atoms with E-state index < -0.39 is 0 Å². The standard InChI is InChI=1S/C24H28NS/c1-5-8-11-18-14-15-25-20(16-18)23-22(17(4)24(25,6-2)7-3)19-12-9-10-13-21(19)26-23/h9-10,12-16H,4-8,11H2,1-3H3/q+1. The van der Waals surface area contributed by atoms with Gasteiger partial charge >= 0.3 is 0 Å². The van der Waals surface area contributed by atoms with E-state index in [1.54, 1.807) is 0 Å². The van der Waals surface area contributed by atoms with Gasteiger partial charge in [0.2, 0.25) is 5.69 Å². The molecule has 3 aromatic rings. The van der Waals surface area contributed by atoms with Crippen molar-refractivity contribution in [1.29, 1.82) is 0 Å². The predicted octanol–water partition coefficient (Wildman–Crippen LogP) is 6.74. The Hall–Kier alpha value is -1.93. The minimum atomic E-state index is -0.0184. The lowest BCUT2D eigenvalue weighted by atomic mass is 9.77. The number of allylic oxidation sites excluding steroid dienone is 1. The van der Waals surface area contributed by atoms with Crippen molar-refractivity contribution >= 4 is 27.0 Å². The highest BCUT2D eigenvalue weighted by atomic mass is 32.1. The Kier molecular flexibility index (Phi) is 4.48. The summed E-state index contributed by atoms with van der Waals surface area (Å²) in [4.78, 5) is 1.40. The molecule has 1 aliphatic heterocycles. The molecule has 0 atom stereocenters. The third-order valence-corrected chi connectivity index (χ3v) is 7.35. The van der Waals surface area contributed by atoms with Gasteiger partial charge in [-0.25, -0.2) is 0 Å². The summed E-state index contributed by atoms with van der Waals surface area (Å²) in [7, 11) is 0. The van der Waals surface area contributed by atoms with E-state index in [4.69, 9.17) is 0 Å². The second-order valence-corrected chi connectivity index (χ2v) is 8.47. The second-order valence-electron chi connectivity index (χ2n) is 7.41. The third-order valence-electron chi connectivity index (χ3n) is 6.16. The van der Waals surface area contributed by atoms with Crippen molar-refractivity contribution < 1.29 is 4.57 Å². The van der Waals surface area contributed by atoms with Gasteiger partial charge in [0.1, 0.15) is 4.88 Å². The van der Waals surface area contributed by atoms with Crippen LogP contribution in [-0.4, -0.2) is 0 Å². The van der Waals surface area contributed by atoms with Gasteiger partial charge in [0.25, 0.3) is 0 Å². The lowest BCUT2D eigenvalue weighted by Gasteiger charge is -2.33. The molecule has 1 aliphatic rings. The van der Waals surface area contributed by atoms with E-state index in [-0.39, 0.29) is 5.54 Å².